The Kier molecular flexibility index (Phi) is 4.34. The van der Waals surface area contributed by atoms with Crippen molar-refractivity contribution in [1.29, 1.82) is 0 Å². The number of aromatic hydroxyl groups is 1. The van der Waals surface area contributed by atoms with E-state index in [1.807, 2.05) is 18.2 Å². The lowest BCUT2D eigenvalue weighted by molar-refractivity contribution is -0.135. The Labute approximate surface area is 168 Å². The molecule has 2 aliphatic heterocycles. The summed E-state index contributed by atoms with van der Waals surface area (Å²) in [6, 6.07) is 9.92. The van der Waals surface area contributed by atoms with Gasteiger partial charge in [-0.3, -0.25) is 14.6 Å². The van der Waals surface area contributed by atoms with E-state index in [9.17, 15) is 14.7 Å². The maximum atomic E-state index is 13.5. The van der Waals surface area contributed by atoms with Crippen LogP contribution in [0.1, 0.15) is 42.9 Å². The fraction of sp³-hybridized carbons (Fsp3) is 0.348. The summed E-state index contributed by atoms with van der Waals surface area (Å²) in [5, 5.41) is 10.0. The Bertz CT molecular complexity index is 1000. The Morgan fingerprint density at radius 1 is 1.10 bits per heavy atom. The number of benzene rings is 1. The number of hydrogen-bond donors (Lipinski definition) is 1. The molecule has 1 fully saturated rings. The summed E-state index contributed by atoms with van der Waals surface area (Å²) in [7, 11) is 0. The minimum absolute atomic E-state index is 0.0230. The van der Waals surface area contributed by atoms with Crippen molar-refractivity contribution in [2.75, 3.05) is 0 Å². The fourth-order valence-corrected chi connectivity index (χ4v) is 4.78. The summed E-state index contributed by atoms with van der Waals surface area (Å²) >= 11 is 0. The topological polar surface area (TPSA) is 79.7 Å². The number of ketones is 1. The van der Waals surface area contributed by atoms with Crippen LogP contribution in [0.5, 0.6) is 5.75 Å². The molecule has 1 N–H and O–H groups in total. The van der Waals surface area contributed by atoms with Gasteiger partial charge in [0.1, 0.15) is 11.9 Å². The Morgan fingerprint density at radius 3 is 2.69 bits per heavy atom. The summed E-state index contributed by atoms with van der Waals surface area (Å²) in [5.41, 5.74) is 2.07. The van der Waals surface area contributed by atoms with Gasteiger partial charge in [-0.1, -0.05) is 18.6 Å². The molecule has 29 heavy (non-hydrogen) atoms. The number of carbonyl (C=O) groups excluding carboxylic acids is 2. The highest BCUT2D eigenvalue weighted by Gasteiger charge is 2.51. The highest BCUT2D eigenvalue weighted by Crippen LogP contribution is 2.47. The zero-order valence-corrected chi connectivity index (χ0v) is 16.0. The number of amides is 1. The van der Waals surface area contributed by atoms with Crippen molar-refractivity contribution in [3.63, 3.8) is 0 Å². The van der Waals surface area contributed by atoms with E-state index in [1.165, 1.54) is 0 Å². The molecule has 2 aromatic rings. The molecule has 0 saturated heterocycles. The van der Waals surface area contributed by atoms with Crippen LogP contribution in [-0.2, 0) is 20.9 Å². The minimum Gasteiger partial charge on any atom is -0.508 e. The number of rotatable bonds is 3. The molecule has 148 valence electrons. The van der Waals surface area contributed by atoms with E-state index in [2.05, 4.69) is 4.98 Å². The Balaban J connectivity index is 1.60. The van der Waals surface area contributed by atoms with Crippen molar-refractivity contribution in [3.05, 3.63) is 71.3 Å². The van der Waals surface area contributed by atoms with Crippen LogP contribution in [0.15, 0.2) is 60.1 Å². The largest absolute Gasteiger partial charge is 0.508 e. The molecule has 1 aromatic heterocycles. The SMILES string of the molecule is O=C1C2=C(OC3CCCCC13)C(=O)N(Cc1ccncc1)C2c1cccc(O)c1. The number of phenols is 1. The lowest BCUT2D eigenvalue weighted by Gasteiger charge is -2.35. The summed E-state index contributed by atoms with van der Waals surface area (Å²) < 4.78 is 6.14. The summed E-state index contributed by atoms with van der Waals surface area (Å²) in [6.07, 6.45) is 6.79. The molecule has 3 aliphatic rings. The molecule has 6 heteroatoms. The van der Waals surface area contributed by atoms with Gasteiger partial charge in [0, 0.05) is 18.9 Å². The molecule has 5 rings (SSSR count). The first-order chi connectivity index (χ1) is 14.1. The first kappa shape index (κ1) is 17.9. The number of fused-ring (bicyclic) bond motifs is 1. The van der Waals surface area contributed by atoms with Gasteiger partial charge in [0.2, 0.25) is 0 Å². The number of carbonyl (C=O) groups is 2. The normalized spacial score (nSPS) is 26.2. The maximum Gasteiger partial charge on any atom is 0.290 e. The van der Waals surface area contributed by atoms with Gasteiger partial charge in [0.15, 0.2) is 11.5 Å². The molecular formula is C23H22N2O4. The number of aromatic nitrogens is 1. The summed E-state index contributed by atoms with van der Waals surface area (Å²) in [6.45, 7) is 0.334. The number of Topliss-reactive ketones (excluding diaryl/α,β-unsaturated/α-hetero) is 1. The van der Waals surface area contributed by atoms with Crippen LogP contribution in [0.3, 0.4) is 0 Å². The number of ether oxygens (including phenoxy) is 1. The Hall–Kier alpha value is -3.15. The van der Waals surface area contributed by atoms with E-state index in [0.29, 0.717) is 17.7 Å². The number of hydrogen-bond acceptors (Lipinski definition) is 5. The van der Waals surface area contributed by atoms with E-state index in [-0.39, 0.29) is 35.2 Å². The van der Waals surface area contributed by atoms with Gasteiger partial charge < -0.3 is 14.7 Å². The predicted molar refractivity (Wildman–Crippen MR) is 104 cm³/mol. The lowest BCUT2D eigenvalue weighted by Crippen LogP contribution is -2.39. The van der Waals surface area contributed by atoms with Gasteiger partial charge in [0.05, 0.1) is 17.5 Å². The second-order valence-corrected chi connectivity index (χ2v) is 7.94. The number of phenolic OH excluding ortho intramolecular Hbond substituents is 1. The van der Waals surface area contributed by atoms with Crippen molar-refractivity contribution in [1.82, 2.24) is 9.88 Å². The molecule has 3 atom stereocenters. The van der Waals surface area contributed by atoms with Crippen molar-refractivity contribution in [3.8, 4) is 5.75 Å². The average Bonchev–Trinajstić information content (AvgIpc) is 3.01. The van der Waals surface area contributed by atoms with Crippen molar-refractivity contribution >= 4 is 11.7 Å². The predicted octanol–water partition coefficient (Wildman–Crippen LogP) is 3.28. The zero-order chi connectivity index (χ0) is 20.0. The van der Waals surface area contributed by atoms with Crippen molar-refractivity contribution < 1.29 is 19.4 Å². The highest BCUT2D eigenvalue weighted by molar-refractivity contribution is 6.11. The number of nitrogens with zero attached hydrogens (tertiary/aromatic N) is 2. The van der Waals surface area contributed by atoms with Crippen LogP contribution in [0.2, 0.25) is 0 Å². The van der Waals surface area contributed by atoms with E-state index in [1.54, 1.807) is 35.5 Å². The van der Waals surface area contributed by atoms with Gasteiger partial charge >= 0.3 is 0 Å². The quantitative estimate of drug-likeness (QED) is 0.870. The first-order valence-electron chi connectivity index (χ1n) is 10.1. The third kappa shape index (κ3) is 2.99. The molecule has 0 bridgehead atoms. The van der Waals surface area contributed by atoms with Gasteiger partial charge in [-0.15, -0.1) is 0 Å². The molecule has 1 aliphatic carbocycles. The summed E-state index contributed by atoms with van der Waals surface area (Å²) in [4.78, 5) is 32.5. The second-order valence-electron chi connectivity index (χ2n) is 7.94. The van der Waals surface area contributed by atoms with Gasteiger partial charge in [-0.2, -0.15) is 0 Å². The lowest BCUT2D eigenvalue weighted by atomic mass is 9.77. The average molecular weight is 390 g/mol. The van der Waals surface area contributed by atoms with Crippen LogP contribution in [0.25, 0.3) is 0 Å². The van der Waals surface area contributed by atoms with E-state index in [0.717, 1.165) is 31.2 Å². The highest BCUT2D eigenvalue weighted by atomic mass is 16.5. The molecular weight excluding hydrogens is 368 g/mol. The van der Waals surface area contributed by atoms with Crippen LogP contribution < -0.4 is 0 Å². The summed E-state index contributed by atoms with van der Waals surface area (Å²) in [5.74, 6) is -0.124. The standard InChI is InChI=1S/C23H22N2O4/c26-16-5-3-4-15(12-16)20-19-21(27)17-6-1-2-7-18(17)29-22(19)23(28)25(20)13-14-8-10-24-11-9-14/h3-5,8-12,17-18,20,26H,1-2,6-7,13H2. The van der Waals surface area contributed by atoms with Crippen molar-refractivity contribution in [2.24, 2.45) is 5.92 Å². The third-order valence-corrected chi connectivity index (χ3v) is 6.15. The van der Waals surface area contributed by atoms with Gasteiger partial charge in [-0.05, 0) is 54.7 Å². The minimum atomic E-state index is -0.562. The van der Waals surface area contributed by atoms with Gasteiger partial charge in [-0.25, -0.2) is 0 Å². The fourth-order valence-electron chi connectivity index (χ4n) is 4.78. The molecule has 1 saturated carbocycles. The zero-order valence-electron chi connectivity index (χ0n) is 16.0. The van der Waals surface area contributed by atoms with Gasteiger partial charge in [0.25, 0.3) is 5.91 Å². The monoisotopic (exact) mass is 390 g/mol. The molecule has 6 nitrogen and oxygen atoms in total. The van der Waals surface area contributed by atoms with Crippen LogP contribution in [0.4, 0.5) is 0 Å². The van der Waals surface area contributed by atoms with Crippen molar-refractivity contribution in [2.45, 2.75) is 44.4 Å². The van der Waals surface area contributed by atoms with Crippen LogP contribution >= 0.6 is 0 Å². The molecule has 0 radical (unpaired) electrons. The molecule has 3 heterocycles. The van der Waals surface area contributed by atoms with Crippen LogP contribution in [-0.4, -0.2) is 32.8 Å². The Morgan fingerprint density at radius 2 is 1.90 bits per heavy atom. The molecule has 1 aromatic carbocycles. The number of pyridine rings is 1. The third-order valence-electron chi connectivity index (χ3n) is 6.15. The maximum absolute atomic E-state index is 13.5. The van der Waals surface area contributed by atoms with E-state index in [4.69, 9.17) is 4.74 Å². The molecule has 3 unspecified atom stereocenters. The van der Waals surface area contributed by atoms with E-state index >= 15 is 0 Å². The van der Waals surface area contributed by atoms with Crippen LogP contribution in [0, 0.1) is 5.92 Å². The molecule has 0 spiro atoms. The van der Waals surface area contributed by atoms with E-state index < -0.39 is 6.04 Å². The second kappa shape index (κ2) is 7.03. The smallest absolute Gasteiger partial charge is 0.290 e. The first-order valence-corrected chi connectivity index (χ1v) is 10.1. The molecule has 1 amide bonds.